The third-order valence-corrected chi connectivity index (χ3v) is 5.50. The summed E-state index contributed by atoms with van der Waals surface area (Å²) in [6.45, 7) is 10.4. The maximum absolute atomic E-state index is 5.34. The highest BCUT2D eigenvalue weighted by molar-refractivity contribution is 5.80. The zero-order valence-electron chi connectivity index (χ0n) is 13.8. The number of nitrogens with one attached hydrogen (secondary N) is 1. The summed E-state index contributed by atoms with van der Waals surface area (Å²) in [6.07, 6.45) is 8.50. The Labute approximate surface area is 129 Å². The van der Waals surface area contributed by atoms with Gasteiger partial charge in [-0.3, -0.25) is 4.99 Å². The molecular formula is C17H31N3O. The van der Waals surface area contributed by atoms with Crippen molar-refractivity contribution in [3.8, 4) is 0 Å². The molecule has 0 aromatic rings. The second-order valence-corrected chi connectivity index (χ2v) is 7.71. The predicted octanol–water partition coefficient (Wildman–Crippen LogP) is 2.64. The summed E-state index contributed by atoms with van der Waals surface area (Å²) in [5.74, 6) is 1.13. The van der Waals surface area contributed by atoms with E-state index in [1.807, 2.05) is 0 Å². The molecule has 21 heavy (non-hydrogen) atoms. The molecule has 0 radical (unpaired) electrons. The predicted molar refractivity (Wildman–Crippen MR) is 86.6 cm³/mol. The van der Waals surface area contributed by atoms with Crippen molar-refractivity contribution < 1.29 is 4.74 Å². The lowest BCUT2D eigenvalue weighted by Gasteiger charge is -2.37. The number of hydrogen-bond acceptors (Lipinski definition) is 2. The average Bonchev–Trinajstić information content (AvgIpc) is 2.86. The first-order valence-electron chi connectivity index (χ1n) is 8.76. The third kappa shape index (κ3) is 3.36. The van der Waals surface area contributed by atoms with E-state index in [9.17, 15) is 0 Å². The van der Waals surface area contributed by atoms with Crippen LogP contribution in [0.25, 0.3) is 0 Å². The van der Waals surface area contributed by atoms with Crippen LogP contribution in [-0.4, -0.2) is 50.3 Å². The van der Waals surface area contributed by atoms with E-state index in [1.165, 1.54) is 51.6 Å². The molecular weight excluding hydrogens is 262 g/mol. The van der Waals surface area contributed by atoms with E-state index in [0.29, 0.717) is 5.41 Å². The highest BCUT2D eigenvalue weighted by atomic mass is 16.5. The van der Waals surface area contributed by atoms with Crippen molar-refractivity contribution in [2.24, 2.45) is 15.8 Å². The molecule has 120 valence electrons. The van der Waals surface area contributed by atoms with Gasteiger partial charge in [-0.15, -0.1) is 0 Å². The number of rotatable bonds is 3. The summed E-state index contributed by atoms with van der Waals surface area (Å²) >= 11 is 0. The summed E-state index contributed by atoms with van der Waals surface area (Å²) in [4.78, 5) is 7.43. The number of guanidine groups is 1. The van der Waals surface area contributed by atoms with Crippen LogP contribution >= 0.6 is 0 Å². The zero-order chi connectivity index (χ0) is 14.8. The SMILES string of the molecule is CCNC(=NCC1(C)COC1)N1CCC2(CCCCC2)C1. The lowest BCUT2D eigenvalue weighted by molar-refractivity contribution is -0.0946. The molecule has 0 amide bonds. The van der Waals surface area contributed by atoms with Crippen LogP contribution in [0.15, 0.2) is 4.99 Å². The summed E-state index contributed by atoms with van der Waals surface area (Å²) in [5.41, 5.74) is 0.862. The van der Waals surface area contributed by atoms with Crippen molar-refractivity contribution in [3.63, 3.8) is 0 Å². The van der Waals surface area contributed by atoms with E-state index in [0.717, 1.165) is 32.3 Å². The first-order valence-corrected chi connectivity index (χ1v) is 8.76. The fourth-order valence-electron chi connectivity index (χ4n) is 4.06. The maximum Gasteiger partial charge on any atom is 0.193 e. The molecule has 3 aliphatic rings. The van der Waals surface area contributed by atoms with Crippen molar-refractivity contribution in [1.29, 1.82) is 0 Å². The molecule has 1 spiro atoms. The summed E-state index contributed by atoms with van der Waals surface area (Å²) in [5, 5.41) is 3.50. The van der Waals surface area contributed by atoms with Gasteiger partial charge < -0.3 is 15.0 Å². The van der Waals surface area contributed by atoms with Crippen LogP contribution in [0.1, 0.15) is 52.4 Å². The molecule has 0 bridgehead atoms. The van der Waals surface area contributed by atoms with Crippen LogP contribution in [0.4, 0.5) is 0 Å². The van der Waals surface area contributed by atoms with E-state index >= 15 is 0 Å². The number of nitrogens with zero attached hydrogens (tertiary/aromatic N) is 2. The topological polar surface area (TPSA) is 36.9 Å². The Hall–Kier alpha value is -0.770. The number of likely N-dealkylation sites (tertiary alicyclic amines) is 1. The van der Waals surface area contributed by atoms with Crippen molar-refractivity contribution in [2.75, 3.05) is 39.4 Å². The molecule has 2 saturated heterocycles. The van der Waals surface area contributed by atoms with Gasteiger partial charge in [-0.05, 0) is 31.6 Å². The summed E-state index contributed by atoms with van der Waals surface area (Å²) in [6, 6.07) is 0. The molecule has 2 heterocycles. The minimum Gasteiger partial charge on any atom is -0.380 e. The molecule has 0 aromatic heterocycles. The monoisotopic (exact) mass is 293 g/mol. The molecule has 0 aromatic carbocycles. The molecule has 3 fully saturated rings. The molecule has 1 aliphatic carbocycles. The summed E-state index contributed by atoms with van der Waals surface area (Å²) in [7, 11) is 0. The average molecular weight is 293 g/mol. The molecule has 0 atom stereocenters. The van der Waals surface area contributed by atoms with Gasteiger partial charge in [-0.2, -0.15) is 0 Å². The smallest absolute Gasteiger partial charge is 0.193 e. The molecule has 4 nitrogen and oxygen atoms in total. The van der Waals surface area contributed by atoms with Gasteiger partial charge in [0.1, 0.15) is 0 Å². The molecule has 1 N–H and O–H groups in total. The van der Waals surface area contributed by atoms with Gasteiger partial charge in [-0.1, -0.05) is 26.2 Å². The Morgan fingerprint density at radius 2 is 1.95 bits per heavy atom. The third-order valence-electron chi connectivity index (χ3n) is 5.50. The van der Waals surface area contributed by atoms with Gasteiger partial charge in [0.2, 0.25) is 0 Å². The Kier molecular flexibility index (Phi) is 4.43. The Bertz CT molecular complexity index is 383. The maximum atomic E-state index is 5.34. The minimum absolute atomic E-state index is 0.267. The van der Waals surface area contributed by atoms with Gasteiger partial charge in [0.25, 0.3) is 0 Å². The number of ether oxygens (including phenoxy) is 1. The van der Waals surface area contributed by atoms with Gasteiger partial charge in [0, 0.05) is 25.0 Å². The lowest BCUT2D eigenvalue weighted by Crippen LogP contribution is -2.45. The first kappa shape index (κ1) is 15.1. The van der Waals surface area contributed by atoms with E-state index < -0.39 is 0 Å². The van der Waals surface area contributed by atoms with Crippen molar-refractivity contribution >= 4 is 5.96 Å². The van der Waals surface area contributed by atoms with Crippen LogP contribution in [-0.2, 0) is 4.74 Å². The minimum atomic E-state index is 0.267. The van der Waals surface area contributed by atoms with E-state index in [1.54, 1.807) is 0 Å². The molecule has 3 rings (SSSR count). The van der Waals surface area contributed by atoms with Gasteiger partial charge >= 0.3 is 0 Å². The zero-order valence-corrected chi connectivity index (χ0v) is 13.8. The quantitative estimate of drug-likeness (QED) is 0.642. The molecule has 4 heteroatoms. The fourth-order valence-corrected chi connectivity index (χ4v) is 4.06. The fraction of sp³-hybridized carbons (Fsp3) is 0.941. The van der Waals surface area contributed by atoms with Crippen LogP contribution < -0.4 is 5.32 Å². The van der Waals surface area contributed by atoms with Crippen LogP contribution in [0.2, 0.25) is 0 Å². The van der Waals surface area contributed by atoms with Crippen molar-refractivity contribution in [1.82, 2.24) is 10.2 Å². The Morgan fingerprint density at radius 3 is 2.57 bits per heavy atom. The lowest BCUT2D eigenvalue weighted by atomic mass is 9.73. The van der Waals surface area contributed by atoms with Crippen molar-refractivity contribution in [3.05, 3.63) is 0 Å². The second kappa shape index (κ2) is 6.15. The van der Waals surface area contributed by atoms with Crippen LogP contribution in [0, 0.1) is 10.8 Å². The molecule has 2 aliphatic heterocycles. The highest BCUT2D eigenvalue weighted by Crippen LogP contribution is 2.43. The first-order chi connectivity index (χ1) is 10.1. The van der Waals surface area contributed by atoms with Crippen molar-refractivity contribution in [2.45, 2.75) is 52.4 Å². The number of hydrogen-bond donors (Lipinski definition) is 1. The number of aliphatic imine (C=N–C) groups is 1. The Morgan fingerprint density at radius 1 is 1.19 bits per heavy atom. The second-order valence-electron chi connectivity index (χ2n) is 7.71. The van der Waals surface area contributed by atoms with Gasteiger partial charge in [0.05, 0.1) is 19.8 Å². The molecule has 1 saturated carbocycles. The Balaban J connectivity index is 1.62. The van der Waals surface area contributed by atoms with Crippen LogP contribution in [0.5, 0.6) is 0 Å². The summed E-state index contributed by atoms with van der Waals surface area (Å²) < 4.78 is 5.34. The van der Waals surface area contributed by atoms with Gasteiger partial charge in [0.15, 0.2) is 5.96 Å². The standard InChI is InChI=1S/C17H31N3O/c1-3-18-15(19-11-16(2)13-21-14-16)20-10-9-17(12-20)7-5-4-6-8-17/h3-14H2,1-2H3,(H,18,19). The largest absolute Gasteiger partial charge is 0.380 e. The highest BCUT2D eigenvalue weighted by Gasteiger charge is 2.40. The van der Waals surface area contributed by atoms with E-state index in [-0.39, 0.29) is 5.41 Å². The normalized spacial score (nSPS) is 27.7. The van der Waals surface area contributed by atoms with E-state index in [2.05, 4.69) is 24.1 Å². The van der Waals surface area contributed by atoms with Crippen LogP contribution in [0.3, 0.4) is 0 Å². The van der Waals surface area contributed by atoms with E-state index in [4.69, 9.17) is 9.73 Å². The van der Waals surface area contributed by atoms with Gasteiger partial charge in [-0.25, -0.2) is 0 Å². The molecule has 0 unspecified atom stereocenters.